The molecule has 0 atom stereocenters. The highest BCUT2D eigenvalue weighted by Gasteiger charge is 2.40. The molecule has 1 aliphatic carbocycles. The number of nitrogens with one attached hydrogen (secondary N) is 1. The summed E-state index contributed by atoms with van der Waals surface area (Å²) >= 11 is 6.76. The molecule has 2 N–H and O–H groups in total. The number of nitro benzene ring substituents is 1. The molecule has 1 fully saturated rings. The lowest BCUT2D eigenvalue weighted by Crippen LogP contribution is -2.55. The van der Waals surface area contributed by atoms with Gasteiger partial charge in [-0.25, -0.2) is 0 Å². The van der Waals surface area contributed by atoms with E-state index in [0.717, 1.165) is 18.2 Å². The summed E-state index contributed by atoms with van der Waals surface area (Å²) in [5.41, 5.74) is -0.825. The highest BCUT2D eigenvalue weighted by Crippen LogP contribution is 2.36. The number of hydrogen-bond acceptors (Lipinski definition) is 5. The number of nitrogens with zero attached hydrogens (tertiary/aromatic N) is 1. The normalized spacial score (nSPS) is 15.5. The third-order valence-corrected chi connectivity index (χ3v) is 4.98. The van der Waals surface area contributed by atoms with Crippen molar-refractivity contribution < 1.29 is 19.6 Å². The van der Waals surface area contributed by atoms with Crippen LogP contribution in [0, 0.1) is 10.1 Å². The Bertz CT molecular complexity index is 648. The molecule has 0 bridgehead atoms. The second kappa shape index (κ2) is 7.18. The summed E-state index contributed by atoms with van der Waals surface area (Å²) in [7, 11) is 0. The Hall–Kier alpha value is -1.80. The van der Waals surface area contributed by atoms with E-state index in [4.69, 9.17) is 16.7 Å². The monoisotopic (exact) mass is 358 g/mol. The van der Waals surface area contributed by atoms with E-state index in [2.05, 4.69) is 5.32 Å². The largest absolute Gasteiger partial charge is 0.481 e. The molecule has 1 aromatic carbocycles. The van der Waals surface area contributed by atoms with Crippen molar-refractivity contribution in [2.75, 3.05) is 5.75 Å². The maximum absolute atomic E-state index is 12.0. The maximum Gasteiger partial charge on any atom is 0.305 e. The van der Waals surface area contributed by atoms with E-state index in [1.807, 2.05) is 0 Å². The zero-order valence-corrected chi connectivity index (χ0v) is 13.7. The summed E-state index contributed by atoms with van der Waals surface area (Å²) in [6.07, 6.45) is 2.04. The van der Waals surface area contributed by atoms with Crippen LogP contribution in [0.4, 0.5) is 5.69 Å². The molecule has 23 heavy (non-hydrogen) atoms. The number of hydrogen-bond donors (Lipinski definition) is 2. The van der Waals surface area contributed by atoms with Gasteiger partial charge in [0.1, 0.15) is 0 Å². The van der Waals surface area contributed by atoms with Gasteiger partial charge in [-0.3, -0.25) is 19.7 Å². The summed E-state index contributed by atoms with van der Waals surface area (Å²) in [6.45, 7) is 0. The number of amides is 1. The minimum Gasteiger partial charge on any atom is -0.481 e. The summed E-state index contributed by atoms with van der Waals surface area (Å²) in [4.78, 5) is 33.7. The van der Waals surface area contributed by atoms with Crippen molar-refractivity contribution >= 4 is 40.9 Å². The molecule has 7 nitrogen and oxygen atoms in total. The molecule has 2 rings (SSSR count). The second-order valence-electron chi connectivity index (χ2n) is 5.41. The fourth-order valence-corrected chi connectivity index (χ4v) is 3.44. The van der Waals surface area contributed by atoms with Crippen molar-refractivity contribution in [2.45, 2.75) is 36.1 Å². The van der Waals surface area contributed by atoms with Gasteiger partial charge in [0.05, 0.1) is 27.5 Å². The number of carbonyl (C=O) groups excluding carboxylic acids is 1. The zero-order chi connectivity index (χ0) is 17.0. The zero-order valence-electron chi connectivity index (χ0n) is 12.1. The quantitative estimate of drug-likeness (QED) is 0.440. The highest BCUT2D eigenvalue weighted by atomic mass is 35.5. The van der Waals surface area contributed by atoms with Crippen LogP contribution in [0.5, 0.6) is 0 Å². The predicted octanol–water partition coefficient (Wildman–Crippen LogP) is 2.85. The maximum atomic E-state index is 12.0. The fourth-order valence-electron chi connectivity index (χ4n) is 2.47. The van der Waals surface area contributed by atoms with E-state index in [0.29, 0.717) is 17.7 Å². The minimum atomic E-state index is -0.953. The number of nitro groups is 1. The molecule has 1 aliphatic rings. The van der Waals surface area contributed by atoms with Crippen LogP contribution in [0.1, 0.15) is 25.7 Å². The summed E-state index contributed by atoms with van der Waals surface area (Å²) in [6, 6.07) is 4.25. The number of carboxylic acids is 1. The van der Waals surface area contributed by atoms with E-state index in [1.165, 1.54) is 18.2 Å². The van der Waals surface area contributed by atoms with E-state index in [9.17, 15) is 19.7 Å². The Balaban J connectivity index is 1.97. The summed E-state index contributed by atoms with van der Waals surface area (Å²) in [5.74, 6) is -1.31. The molecule has 0 aromatic heterocycles. The lowest BCUT2D eigenvalue weighted by Gasteiger charge is -2.41. The molecule has 0 heterocycles. The number of benzene rings is 1. The van der Waals surface area contributed by atoms with Gasteiger partial charge in [0.25, 0.3) is 5.69 Å². The van der Waals surface area contributed by atoms with Crippen LogP contribution in [0.15, 0.2) is 23.1 Å². The Morgan fingerprint density at radius 1 is 1.43 bits per heavy atom. The van der Waals surface area contributed by atoms with Crippen molar-refractivity contribution in [3.05, 3.63) is 33.3 Å². The van der Waals surface area contributed by atoms with Gasteiger partial charge in [0.15, 0.2) is 0 Å². The molecule has 0 unspecified atom stereocenters. The average molecular weight is 359 g/mol. The number of thioether (sulfide) groups is 1. The van der Waals surface area contributed by atoms with Crippen molar-refractivity contribution in [1.82, 2.24) is 5.32 Å². The number of carboxylic acid groups (broad SMARTS) is 1. The minimum absolute atomic E-state index is 0.0240. The number of carbonyl (C=O) groups is 2. The SMILES string of the molecule is O=C(O)CC1(NC(=O)CSc2ccc(Cl)cc2[N+](=O)[O-])CCC1. The first kappa shape index (κ1) is 17.6. The first-order valence-electron chi connectivity index (χ1n) is 6.91. The Morgan fingerprint density at radius 3 is 2.65 bits per heavy atom. The number of rotatable bonds is 7. The third-order valence-electron chi connectivity index (χ3n) is 3.68. The Morgan fingerprint density at radius 2 is 2.13 bits per heavy atom. The molecule has 124 valence electrons. The standard InChI is InChI=1S/C14H15ClN2O5S/c15-9-2-3-11(10(6-9)17(21)22)23-8-12(18)16-14(4-1-5-14)7-13(19)20/h2-3,6H,1,4-5,7-8H2,(H,16,18)(H,19,20). The lowest BCUT2D eigenvalue weighted by atomic mass is 9.74. The molecule has 1 aromatic rings. The van der Waals surface area contributed by atoms with Gasteiger partial charge in [0, 0.05) is 11.1 Å². The molecule has 0 spiro atoms. The van der Waals surface area contributed by atoms with Crippen molar-refractivity contribution in [3.63, 3.8) is 0 Å². The lowest BCUT2D eigenvalue weighted by molar-refractivity contribution is -0.387. The van der Waals surface area contributed by atoms with Crippen molar-refractivity contribution in [2.24, 2.45) is 0 Å². The Labute approximate surface area is 141 Å². The van der Waals surface area contributed by atoms with Crippen LogP contribution in [0.3, 0.4) is 0 Å². The first-order valence-corrected chi connectivity index (χ1v) is 8.27. The first-order chi connectivity index (χ1) is 10.8. The third kappa shape index (κ3) is 4.59. The topological polar surface area (TPSA) is 110 Å². The number of aliphatic carboxylic acids is 1. The van der Waals surface area contributed by atoms with Gasteiger partial charge >= 0.3 is 5.97 Å². The van der Waals surface area contributed by atoms with E-state index in [1.54, 1.807) is 0 Å². The van der Waals surface area contributed by atoms with Crippen LogP contribution in [0.25, 0.3) is 0 Å². The van der Waals surface area contributed by atoms with Crippen LogP contribution in [0.2, 0.25) is 5.02 Å². The molecular formula is C14H15ClN2O5S. The van der Waals surface area contributed by atoms with Crippen LogP contribution in [-0.4, -0.2) is 33.2 Å². The van der Waals surface area contributed by atoms with Crippen LogP contribution >= 0.6 is 23.4 Å². The molecule has 0 aliphatic heterocycles. The van der Waals surface area contributed by atoms with Gasteiger partial charge in [0.2, 0.25) is 5.91 Å². The van der Waals surface area contributed by atoms with Gasteiger partial charge in [-0.05, 0) is 31.4 Å². The van der Waals surface area contributed by atoms with Gasteiger partial charge in [-0.2, -0.15) is 0 Å². The molecular weight excluding hydrogens is 344 g/mol. The smallest absolute Gasteiger partial charge is 0.305 e. The fraction of sp³-hybridized carbons (Fsp3) is 0.429. The molecule has 0 radical (unpaired) electrons. The second-order valence-corrected chi connectivity index (χ2v) is 6.86. The summed E-state index contributed by atoms with van der Waals surface area (Å²) < 4.78 is 0. The van der Waals surface area contributed by atoms with Gasteiger partial charge in [-0.1, -0.05) is 11.6 Å². The van der Waals surface area contributed by atoms with Gasteiger partial charge < -0.3 is 10.4 Å². The van der Waals surface area contributed by atoms with Crippen LogP contribution < -0.4 is 5.32 Å². The number of halogens is 1. The predicted molar refractivity (Wildman–Crippen MR) is 85.8 cm³/mol. The molecule has 9 heteroatoms. The van der Waals surface area contributed by atoms with Crippen LogP contribution in [-0.2, 0) is 9.59 Å². The molecule has 1 amide bonds. The van der Waals surface area contributed by atoms with E-state index < -0.39 is 16.4 Å². The Kier molecular flexibility index (Phi) is 5.48. The molecule has 0 saturated heterocycles. The molecule has 1 saturated carbocycles. The van der Waals surface area contributed by atoms with E-state index in [-0.39, 0.29) is 28.8 Å². The van der Waals surface area contributed by atoms with E-state index >= 15 is 0 Å². The van der Waals surface area contributed by atoms with Crippen molar-refractivity contribution in [1.29, 1.82) is 0 Å². The average Bonchev–Trinajstić information content (AvgIpc) is 2.42. The van der Waals surface area contributed by atoms with Gasteiger partial charge in [-0.15, -0.1) is 11.8 Å². The van der Waals surface area contributed by atoms with Crippen molar-refractivity contribution in [3.8, 4) is 0 Å². The summed E-state index contributed by atoms with van der Waals surface area (Å²) in [5, 5.41) is 22.9. The highest BCUT2D eigenvalue weighted by molar-refractivity contribution is 8.00.